The quantitative estimate of drug-likeness (QED) is 0.534. The maximum atomic E-state index is 10.9. The minimum atomic E-state index is -0.293. The third-order valence-corrected chi connectivity index (χ3v) is 2.19. The molecule has 0 rings (SSSR count). The maximum absolute atomic E-state index is 10.9. The molecule has 0 aliphatic heterocycles. The fourth-order valence-electron chi connectivity index (χ4n) is 1.32. The van der Waals surface area contributed by atoms with Crippen molar-refractivity contribution in [1.29, 1.82) is 5.26 Å². The van der Waals surface area contributed by atoms with Crippen LogP contribution in [-0.2, 0) is 9.53 Å². The van der Waals surface area contributed by atoms with E-state index in [0.29, 0.717) is 24.8 Å². The lowest BCUT2D eigenvalue weighted by atomic mass is 9.99. The summed E-state index contributed by atoms with van der Waals surface area (Å²) in [5, 5.41) is 17.7. The van der Waals surface area contributed by atoms with Crippen LogP contribution in [0.3, 0.4) is 0 Å². The number of rotatable bonds is 6. The van der Waals surface area contributed by atoms with Gasteiger partial charge in [0.05, 0.1) is 13.2 Å². The SMILES string of the molecule is CC/C(C#N)=C(\CCO)CCC(=O)OC. The van der Waals surface area contributed by atoms with Crippen LogP contribution in [0.15, 0.2) is 11.1 Å². The number of nitrogens with zero attached hydrogens (tertiary/aromatic N) is 1. The molecule has 0 amide bonds. The number of aliphatic hydroxyl groups is 1. The Balaban J connectivity index is 4.47. The molecule has 0 unspecified atom stereocenters. The number of carbonyl (C=O) groups is 1. The summed E-state index contributed by atoms with van der Waals surface area (Å²) in [6.45, 7) is 1.88. The summed E-state index contributed by atoms with van der Waals surface area (Å²) < 4.78 is 4.52. The van der Waals surface area contributed by atoms with E-state index in [1.54, 1.807) is 0 Å². The molecule has 0 aromatic rings. The maximum Gasteiger partial charge on any atom is 0.305 e. The molecule has 0 atom stereocenters. The third kappa shape index (κ3) is 5.18. The van der Waals surface area contributed by atoms with Crippen molar-refractivity contribution < 1.29 is 14.6 Å². The predicted molar refractivity (Wildman–Crippen MR) is 55.9 cm³/mol. The fraction of sp³-hybridized carbons (Fsp3) is 0.636. The van der Waals surface area contributed by atoms with Crippen LogP contribution in [-0.4, -0.2) is 24.8 Å². The van der Waals surface area contributed by atoms with Crippen LogP contribution in [0.5, 0.6) is 0 Å². The normalized spacial score (nSPS) is 11.6. The summed E-state index contributed by atoms with van der Waals surface area (Å²) in [4.78, 5) is 10.9. The smallest absolute Gasteiger partial charge is 0.305 e. The third-order valence-electron chi connectivity index (χ3n) is 2.19. The van der Waals surface area contributed by atoms with E-state index in [1.165, 1.54) is 7.11 Å². The summed E-state index contributed by atoms with van der Waals surface area (Å²) >= 11 is 0. The van der Waals surface area contributed by atoms with Crippen molar-refractivity contribution in [3.8, 4) is 6.07 Å². The second-order valence-corrected chi connectivity index (χ2v) is 3.10. The van der Waals surface area contributed by atoms with Gasteiger partial charge < -0.3 is 9.84 Å². The second-order valence-electron chi connectivity index (χ2n) is 3.10. The first-order chi connectivity index (χ1) is 7.19. The van der Waals surface area contributed by atoms with Gasteiger partial charge in [0.25, 0.3) is 0 Å². The lowest BCUT2D eigenvalue weighted by Gasteiger charge is -2.07. The molecule has 0 aliphatic carbocycles. The van der Waals surface area contributed by atoms with E-state index in [0.717, 1.165) is 5.57 Å². The Kier molecular flexibility index (Phi) is 7.29. The van der Waals surface area contributed by atoms with Crippen molar-refractivity contribution in [3.63, 3.8) is 0 Å². The van der Waals surface area contributed by atoms with Crippen LogP contribution < -0.4 is 0 Å². The van der Waals surface area contributed by atoms with Crippen LogP contribution in [0.4, 0.5) is 0 Å². The van der Waals surface area contributed by atoms with E-state index in [2.05, 4.69) is 10.8 Å². The van der Waals surface area contributed by atoms with Crippen LogP contribution >= 0.6 is 0 Å². The lowest BCUT2D eigenvalue weighted by Crippen LogP contribution is -2.02. The number of esters is 1. The zero-order chi connectivity index (χ0) is 11.7. The molecule has 0 aliphatic rings. The number of nitriles is 1. The van der Waals surface area contributed by atoms with Gasteiger partial charge in [0.15, 0.2) is 0 Å². The van der Waals surface area contributed by atoms with Crippen molar-refractivity contribution in [3.05, 3.63) is 11.1 Å². The van der Waals surface area contributed by atoms with Gasteiger partial charge >= 0.3 is 5.97 Å². The summed E-state index contributed by atoms with van der Waals surface area (Å²) in [5.41, 5.74) is 1.51. The van der Waals surface area contributed by atoms with Gasteiger partial charge in [-0.05, 0) is 19.3 Å². The highest BCUT2D eigenvalue weighted by Gasteiger charge is 2.08. The Hall–Kier alpha value is -1.34. The number of hydrogen-bond acceptors (Lipinski definition) is 4. The highest BCUT2D eigenvalue weighted by molar-refractivity contribution is 5.69. The molecule has 0 saturated carbocycles. The molecule has 0 aromatic heterocycles. The molecule has 15 heavy (non-hydrogen) atoms. The van der Waals surface area contributed by atoms with Crippen molar-refractivity contribution >= 4 is 5.97 Å². The number of allylic oxidation sites excluding steroid dienone is 1. The molecule has 0 aromatic carbocycles. The van der Waals surface area contributed by atoms with Gasteiger partial charge in [0.1, 0.15) is 0 Å². The molecule has 4 nitrogen and oxygen atoms in total. The van der Waals surface area contributed by atoms with Crippen molar-refractivity contribution in [2.75, 3.05) is 13.7 Å². The summed E-state index contributed by atoms with van der Waals surface area (Å²) in [6, 6.07) is 2.09. The van der Waals surface area contributed by atoms with Gasteiger partial charge in [-0.25, -0.2) is 0 Å². The molecule has 0 heterocycles. The van der Waals surface area contributed by atoms with Crippen LogP contribution in [0.1, 0.15) is 32.6 Å². The van der Waals surface area contributed by atoms with Crippen molar-refractivity contribution in [1.82, 2.24) is 0 Å². The molecule has 0 radical (unpaired) electrons. The van der Waals surface area contributed by atoms with Crippen molar-refractivity contribution in [2.24, 2.45) is 0 Å². The molecule has 0 spiro atoms. The standard InChI is InChI=1S/C11H17NO3/c1-3-9(8-12)10(6-7-13)4-5-11(14)15-2/h13H,3-7H2,1-2H3/b10-9+. The summed E-state index contributed by atoms with van der Waals surface area (Å²) in [7, 11) is 1.34. The number of aliphatic hydroxyl groups excluding tert-OH is 1. The molecular formula is C11H17NO3. The van der Waals surface area contributed by atoms with Crippen LogP contribution in [0.25, 0.3) is 0 Å². The largest absolute Gasteiger partial charge is 0.469 e. The van der Waals surface area contributed by atoms with Gasteiger partial charge in [0, 0.05) is 18.6 Å². The van der Waals surface area contributed by atoms with E-state index in [4.69, 9.17) is 10.4 Å². The summed E-state index contributed by atoms with van der Waals surface area (Å²) in [6.07, 6.45) is 1.84. The van der Waals surface area contributed by atoms with E-state index in [1.807, 2.05) is 6.92 Å². The monoisotopic (exact) mass is 211 g/mol. The van der Waals surface area contributed by atoms with E-state index >= 15 is 0 Å². The van der Waals surface area contributed by atoms with Gasteiger partial charge in [-0.1, -0.05) is 12.5 Å². The van der Waals surface area contributed by atoms with E-state index in [-0.39, 0.29) is 19.0 Å². The Morgan fingerprint density at radius 3 is 2.47 bits per heavy atom. The molecular weight excluding hydrogens is 194 g/mol. The number of hydrogen-bond donors (Lipinski definition) is 1. The minimum Gasteiger partial charge on any atom is -0.469 e. The molecule has 84 valence electrons. The molecule has 1 N–H and O–H groups in total. The first kappa shape index (κ1) is 13.7. The zero-order valence-corrected chi connectivity index (χ0v) is 9.25. The number of methoxy groups -OCH3 is 1. The molecule has 0 bridgehead atoms. The number of carbonyl (C=O) groups excluding carboxylic acids is 1. The molecule has 4 heteroatoms. The first-order valence-corrected chi connectivity index (χ1v) is 4.98. The first-order valence-electron chi connectivity index (χ1n) is 4.98. The minimum absolute atomic E-state index is 0.00167. The average molecular weight is 211 g/mol. The Labute approximate surface area is 90.2 Å². The molecule has 0 saturated heterocycles. The Morgan fingerprint density at radius 1 is 1.40 bits per heavy atom. The van der Waals surface area contributed by atoms with E-state index < -0.39 is 0 Å². The zero-order valence-electron chi connectivity index (χ0n) is 9.25. The highest BCUT2D eigenvalue weighted by Crippen LogP contribution is 2.17. The van der Waals surface area contributed by atoms with Gasteiger partial charge in [-0.2, -0.15) is 5.26 Å². The summed E-state index contributed by atoms with van der Waals surface area (Å²) in [5.74, 6) is -0.293. The van der Waals surface area contributed by atoms with Gasteiger partial charge in [-0.15, -0.1) is 0 Å². The van der Waals surface area contributed by atoms with Gasteiger partial charge in [0.2, 0.25) is 0 Å². The Morgan fingerprint density at radius 2 is 2.07 bits per heavy atom. The lowest BCUT2D eigenvalue weighted by molar-refractivity contribution is -0.140. The fourth-order valence-corrected chi connectivity index (χ4v) is 1.32. The highest BCUT2D eigenvalue weighted by atomic mass is 16.5. The molecule has 0 fully saturated rings. The Bertz CT molecular complexity index is 276. The van der Waals surface area contributed by atoms with Crippen LogP contribution in [0.2, 0.25) is 0 Å². The van der Waals surface area contributed by atoms with E-state index in [9.17, 15) is 4.79 Å². The van der Waals surface area contributed by atoms with Crippen LogP contribution in [0, 0.1) is 11.3 Å². The van der Waals surface area contributed by atoms with Crippen molar-refractivity contribution in [2.45, 2.75) is 32.6 Å². The predicted octanol–water partition coefficient (Wildman–Crippen LogP) is 1.55. The average Bonchev–Trinajstić information content (AvgIpc) is 2.26. The van der Waals surface area contributed by atoms with Gasteiger partial charge in [-0.3, -0.25) is 4.79 Å². The number of ether oxygens (including phenoxy) is 1. The second kappa shape index (κ2) is 8.01. The topological polar surface area (TPSA) is 70.3 Å².